The van der Waals surface area contributed by atoms with E-state index in [1.807, 2.05) is 53.6 Å². The highest BCUT2D eigenvalue weighted by Gasteiger charge is 2.15. The van der Waals surface area contributed by atoms with Crippen LogP contribution in [0.1, 0.15) is 35.9 Å². The molecule has 1 N–H and O–H groups in total. The molecular weight excluding hydrogens is 386 g/mol. The van der Waals surface area contributed by atoms with Gasteiger partial charge in [0.25, 0.3) is 5.91 Å². The summed E-state index contributed by atoms with van der Waals surface area (Å²) in [6, 6.07) is 9.67. The summed E-state index contributed by atoms with van der Waals surface area (Å²) in [7, 11) is 1.90. The molecule has 1 amide bonds. The zero-order valence-electron chi connectivity index (χ0n) is 16.6. The van der Waals surface area contributed by atoms with E-state index in [-0.39, 0.29) is 11.9 Å². The molecule has 4 aromatic rings. The maximum Gasteiger partial charge on any atom is 0.257 e. The van der Waals surface area contributed by atoms with Crippen molar-refractivity contribution in [3.8, 4) is 0 Å². The summed E-state index contributed by atoms with van der Waals surface area (Å²) >= 11 is 1.51. The smallest absolute Gasteiger partial charge is 0.257 e. The Kier molecular flexibility index (Phi) is 5.06. The second-order valence-corrected chi connectivity index (χ2v) is 8.06. The van der Waals surface area contributed by atoms with Crippen LogP contribution in [0.2, 0.25) is 0 Å². The van der Waals surface area contributed by atoms with E-state index in [4.69, 9.17) is 0 Å². The summed E-state index contributed by atoms with van der Waals surface area (Å²) in [6.07, 6.45) is 3.41. The molecule has 0 spiro atoms. The van der Waals surface area contributed by atoms with E-state index in [1.165, 1.54) is 11.8 Å². The Bertz CT molecular complexity index is 1180. The van der Waals surface area contributed by atoms with Crippen LogP contribution in [-0.2, 0) is 7.05 Å². The molecule has 0 saturated carbocycles. The predicted octanol–water partition coefficient (Wildman–Crippen LogP) is 3.85. The Labute approximate surface area is 172 Å². The Balaban J connectivity index is 1.52. The first-order valence-electron chi connectivity index (χ1n) is 9.20. The maximum absolute atomic E-state index is 12.8. The van der Waals surface area contributed by atoms with Gasteiger partial charge in [-0.1, -0.05) is 0 Å². The quantitative estimate of drug-likeness (QED) is 0.540. The third-order valence-electron chi connectivity index (χ3n) is 4.48. The van der Waals surface area contributed by atoms with Crippen LogP contribution in [0.3, 0.4) is 0 Å². The minimum atomic E-state index is -0.192. The van der Waals surface area contributed by atoms with Crippen molar-refractivity contribution in [1.82, 2.24) is 29.5 Å². The Morgan fingerprint density at radius 1 is 1.21 bits per heavy atom. The lowest BCUT2D eigenvalue weighted by molar-refractivity contribution is 0.102. The van der Waals surface area contributed by atoms with Crippen molar-refractivity contribution in [1.29, 1.82) is 0 Å². The van der Waals surface area contributed by atoms with Gasteiger partial charge in [-0.25, -0.2) is 9.67 Å². The highest BCUT2D eigenvalue weighted by atomic mass is 32.2. The largest absolute Gasteiger partial charge is 0.322 e. The lowest BCUT2D eigenvalue weighted by Crippen LogP contribution is -2.14. The van der Waals surface area contributed by atoms with Gasteiger partial charge in [0.1, 0.15) is 6.33 Å². The number of amides is 1. The molecule has 0 atom stereocenters. The van der Waals surface area contributed by atoms with Crippen molar-refractivity contribution in [3.63, 3.8) is 0 Å². The second kappa shape index (κ2) is 7.67. The van der Waals surface area contributed by atoms with E-state index in [0.717, 1.165) is 26.8 Å². The van der Waals surface area contributed by atoms with Crippen LogP contribution >= 0.6 is 11.8 Å². The van der Waals surface area contributed by atoms with Gasteiger partial charge in [-0.3, -0.25) is 4.79 Å². The molecule has 29 heavy (non-hydrogen) atoms. The summed E-state index contributed by atoms with van der Waals surface area (Å²) in [5.74, 6) is -0.192. The summed E-state index contributed by atoms with van der Waals surface area (Å²) < 4.78 is 3.71. The zero-order valence-corrected chi connectivity index (χ0v) is 17.4. The molecule has 0 unspecified atom stereocenters. The number of fused-ring (bicyclic) bond motifs is 1. The normalized spacial score (nSPS) is 11.3. The summed E-state index contributed by atoms with van der Waals surface area (Å²) in [4.78, 5) is 18.4. The van der Waals surface area contributed by atoms with Crippen LogP contribution in [0.5, 0.6) is 0 Å². The number of nitrogens with one attached hydrogen (secondary N) is 1. The number of aromatic nitrogens is 6. The van der Waals surface area contributed by atoms with Crippen LogP contribution < -0.4 is 5.32 Å². The number of benzene rings is 1. The van der Waals surface area contributed by atoms with E-state index >= 15 is 0 Å². The van der Waals surface area contributed by atoms with Gasteiger partial charge in [0.2, 0.25) is 0 Å². The van der Waals surface area contributed by atoms with Crippen LogP contribution in [0.4, 0.5) is 5.69 Å². The van der Waals surface area contributed by atoms with Crippen molar-refractivity contribution in [2.45, 2.75) is 36.9 Å². The molecular formula is C20H21N7OS. The second-order valence-electron chi connectivity index (χ2n) is 7.02. The Hall–Kier alpha value is -3.20. The van der Waals surface area contributed by atoms with Crippen molar-refractivity contribution >= 4 is 34.4 Å². The number of aryl methyl sites for hydroxylation is 2. The van der Waals surface area contributed by atoms with Gasteiger partial charge >= 0.3 is 0 Å². The number of nitrogens with zero attached hydrogens (tertiary/aromatic N) is 6. The number of rotatable bonds is 5. The molecule has 3 aromatic heterocycles. The van der Waals surface area contributed by atoms with Gasteiger partial charge in [-0.05, 0) is 62.9 Å². The molecule has 148 valence electrons. The average molecular weight is 408 g/mol. The first-order chi connectivity index (χ1) is 13.9. The topological polar surface area (TPSA) is 90.5 Å². The summed E-state index contributed by atoms with van der Waals surface area (Å²) in [5.41, 5.74) is 2.72. The van der Waals surface area contributed by atoms with E-state index < -0.39 is 0 Å². The fourth-order valence-electron chi connectivity index (χ4n) is 2.95. The fraction of sp³-hybridized carbons (Fsp3) is 0.250. The number of hydrogen-bond acceptors (Lipinski definition) is 6. The van der Waals surface area contributed by atoms with Gasteiger partial charge in [0, 0.05) is 29.1 Å². The third-order valence-corrected chi connectivity index (χ3v) is 5.54. The molecule has 3 heterocycles. The minimum absolute atomic E-state index is 0.192. The molecule has 8 nitrogen and oxygen atoms in total. The highest BCUT2D eigenvalue weighted by Crippen LogP contribution is 2.27. The van der Waals surface area contributed by atoms with Crippen LogP contribution in [0.25, 0.3) is 11.0 Å². The molecule has 9 heteroatoms. The molecule has 1 aromatic carbocycles. The number of carbonyl (C=O) groups is 1. The van der Waals surface area contributed by atoms with Crippen LogP contribution in [0, 0.1) is 6.92 Å². The van der Waals surface area contributed by atoms with Crippen molar-refractivity contribution in [2.24, 2.45) is 7.05 Å². The van der Waals surface area contributed by atoms with E-state index in [9.17, 15) is 4.79 Å². The summed E-state index contributed by atoms with van der Waals surface area (Å²) in [5, 5.41) is 16.9. The number of hydrogen-bond donors (Lipinski definition) is 1. The highest BCUT2D eigenvalue weighted by molar-refractivity contribution is 7.99. The maximum atomic E-state index is 12.8. The molecule has 0 aliphatic rings. The van der Waals surface area contributed by atoms with Crippen molar-refractivity contribution in [2.75, 3.05) is 5.32 Å². The predicted molar refractivity (Wildman–Crippen MR) is 112 cm³/mol. The van der Waals surface area contributed by atoms with Gasteiger partial charge in [0.05, 0.1) is 17.5 Å². The molecule has 0 aliphatic heterocycles. The molecule has 4 rings (SSSR count). The van der Waals surface area contributed by atoms with Gasteiger partial charge in [0.15, 0.2) is 10.8 Å². The molecule has 0 aliphatic carbocycles. The number of pyridine rings is 1. The molecule has 0 saturated heterocycles. The standard InChI is InChI=1S/C20H21N7OS/c1-12(2)27-18-14(10-22-27)9-17(13(3)23-18)19(28)24-15-5-7-16(8-6-15)29-20-25-21-11-26(20)4/h5-12H,1-4H3,(H,24,28). The zero-order chi connectivity index (χ0) is 20.5. The molecule has 0 radical (unpaired) electrons. The van der Waals surface area contributed by atoms with Crippen LogP contribution in [-0.4, -0.2) is 35.4 Å². The fourth-order valence-corrected chi connectivity index (χ4v) is 3.71. The van der Waals surface area contributed by atoms with Gasteiger partial charge in [-0.2, -0.15) is 5.10 Å². The van der Waals surface area contributed by atoms with E-state index in [1.54, 1.807) is 12.5 Å². The minimum Gasteiger partial charge on any atom is -0.322 e. The van der Waals surface area contributed by atoms with Crippen molar-refractivity contribution in [3.05, 3.63) is 54.1 Å². The summed E-state index contributed by atoms with van der Waals surface area (Å²) in [6.45, 7) is 5.94. The van der Waals surface area contributed by atoms with E-state index in [0.29, 0.717) is 11.3 Å². The lowest BCUT2D eigenvalue weighted by atomic mass is 10.1. The number of anilines is 1. The van der Waals surface area contributed by atoms with Gasteiger partial charge in [-0.15, -0.1) is 10.2 Å². The van der Waals surface area contributed by atoms with Crippen LogP contribution in [0.15, 0.2) is 52.9 Å². The monoisotopic (exact) mass is 407 g/mol. The first kappa shape index (κ1) is 19.1. The lowest BCUT2D eigenvalue weighted by Gasteiger charge is -2.10. The van der Waals surface area contributed by atoms with E-state index in [2.05, 4.69) is 39.4 Å². The third kappa shape index (κ3) is 3.86. The Morgan fingerprint density at radius 2 is 1.97 bits per heavy atom. The Morgan fingerprint density at radius 3 is 2.62 bits per heavy atom. The number of carbonyl (C=O) groups excluding carboxylic acids is 1. The van der Waals surface area contributed by atoms with Crippen molar-refractivity contribution < 1.29 is 4.79 Å². The molecule has 0 fully saturated rings. The first-order valence-corrected chi connectivity index (χ1v) is 10.0. The SMILES string of the molecule is Cc1nc2c(cnn2C(C)C)cc1C(=O)Nc1ccc(Sc2nncn2C)cc1. The average Bonchev–Trinajstić information content (AvgIpc) is 3.28. The van der Waals surface area contributed by atoms with Gasteiger partial charge < -0.3 is 9.88 Å². The molecule has 0 bridgehead atoms.